The molecule has 0 radical (unpaired) electrons. The molecule has 2 aromatic carbocycles. The third-order valence-electron chi connectivity index (χ3n) is 7.33. The van der Waals surface area contributed by atoms with Crippen LogP contribution in [0.4, 0.5) is 18.4 Å². The van der Waals surface area contributed by atoms with Gasteiger partial charge in [0.05, 0.1) is 18.6 Å². The second kappa shape index (κ2) is 12.5. The standard InChI is InChI=1S/C31H35F2N3O7/c1-18(37)25-26(35-43-27(25)21-9-7-6-8-19(21)12-14-34-28(38)41-5)22-17-36(29(39)42-30(2,3)4)15-13-31(22,40)20-10-11-23(32)24(33)16-20/h6-11,16,22,40H,12-15,17H2,1-5H3,(H,34,38)/t22-,31+/m1/s1. The van der Waals surface area contributed by atoms with E-state index in [2.05, 4.69) is 15.2 Å². The van der Waals surface area contributed by atoms with E-state index in [-0.39, 0.29) is 48.6 Å². The summed E-state index contributed by atoms with van der Waals surface area (Å²) in [7, 11) is 1.26. The Balaban J connectivity index is 1.81. The number of methoxy groups -OCH3 is 1. The van der Waals surface area contributed by atoms with E-state index in [4.69, 9.17) is 9.26 Å². The molecule has 1 aromatic heterocycles. The van der Waals surface area contributed by atoms with Crippen molar-refractivity contribution >= 4 is 18.0 Å². The van der Waals surface area contributed by atoms with E-state index in [9.17, 15) is 28.3 Å². The molecule has 0 saturated carbocycles. The van der Waals surface area contributed by atoms with Gasteiger partial charge in [0, 0.05) is 25.2 Å². The van der Waals surface area contributed by atoms with E-state index in [1.165, 1.54) is 25.0 Å². The first-order chi connectivity index (χ1) is 20.2. The number of ketones is 1. The van der Waals surface area contributed by atoms with E-state index in [0.29, 0.717) is 12.0 Å². The molecule has 43 heavy (non-hydrogen) atoms. The number of hydrogen-bond acceptors (Lipinski definition) is 8. The van der Waals surface area contributed by atoms with Crippen LogP contribution < -0.4 is 5.32 Å². The van der Waals surface area contributed by atoms with Crippen LogP contribution in [0, 0.1) is 11.6 Å². The number of hydrogen-bond donors (Lipinski definition) is 2. The molecular formula is C31H35F2N3O7. The number of amides is 2. The summed E-state index contributed by atoms with van der Waals surface area (Å²) in [5, 5.41) is 19.0. The quantitative estimate of drug-likeness (QED) is 0.349. The average Bonchev–Trinajstić information content (AvgIpc) is 3.39. The number of halogens is 2. The Hall–Kier alpha value is -4.32. The zero-order chi connectivity index (χ0) is 31.5. The molecule has 1 fully saturated rings. The Morgan fingerprint density at radius 1 is 1.16 bits per heavy atom. The molecule has 1 saturated heterocycles. The molecule has 2 amide bonds. The van der Waals surface area contributed by atoms with Gasteiger partial charge in [-0.15, -0.1) is 0 Å². The smallest absolute Gasteiger partial charge is 0.410 e. The van der Waals surface area contributed by atoms with Crippen molar-refractivity contribution in [2.24, 2.45) is 0 Å². The third-order valence-corrected chi connectivity index (χ3v) is 7.33. The van der Waals surface area contributed by atoms with Crippen molar-refractivity contribution in [1.82, 2.24) is 15.4 Å². The molecule has 2 atom stereocenters. The number of alkyl carbamates (subject to hydrolysis) is 1. The number of piperidine rings is 1. The second-order valence-electron chi connectivity index (χ2n) is 11.4. The lowest BCUT2D eigenvalue weighted by Crippen LogP contribution is -2.52. The third kappa shape index (κ3) is 6.85. The average molecular weight is 600 g/mol. The van der Waals surface area contributed by atoms with Crippen molar-refractivity contribution in [1.29, 1.82) is 0 Å². The van der Waals surface area contributed by atoms with E-state index in [1.807, 2.05) is 6.07 Å². The Bertz CT molecular complexity index is 1520. The fraction of sp³-hybridized carbons (Fsp3) is 0.419. The molecule has 10 nitrogen and oxygen atoms in total. The molecule has 0 unspecified atom stereocenters. The van der Waals surface area contributed by atoms with E-state index in [0.717, 1.165) is 17.7 Å². The van der Waals surface area contributed by atoms with Gasteiger partial charge in [-0.2, -0.15) is 0 Å². The molecule has 3 aromatic rings. The summed E-state index contributed by atoms with van der Waals surface area (Å²) in [5.74, 6) is -3.60. The summed E-state index contributed by atoms with van der Waals surface area (Å²) < 4.78 is 44.2. The maximum atomic E-state index is 14.4. The summed E-state index contributed by atoms with van der Waals surface area (Å²) in [4.78, 5) is 39.2. The predicted octanol–water partition coefficient (Wildman–Crippen LogP) is 5.33. The van der Waals surface area contributed by atoms with Crippen LogP contribution >= 0.6 is 0 Å². The molecule has 2 N–H and O–H groups in total. The van der Waals surface area contributed by atoms with Crippen molar-refractivity contribution in [2.45, 2.75) is 57.7 Å². The predicted molar refractivity (Wildman–Crippen MR) is 151 cm³/mol. The first kappa shape index (κ1) is 31.6. The number of ether oxygens (including phenoxy) is 2. The molecule has 0 aliphatic carbocycles. The van der Waals surface area contributed by atoms with E-state index >= 15 is 0 Å². The SMILES string of the molecule is COC(=O)NCCc1ccccc1-c1onc([C@H]2CN(C(=O)OC(C)(C)C)CC[C@]2(O)c2ccc(F)c(F)c2)c1C(C)=O. The van der Waals surface area contributed by atoms with Crippen LogP contribution in [0.25, 0.3) is 11.3 Å². The zero-order valence-corrected chi connectivity index (χ0v) is 24.7. The maximum Gasteiger partial charge on any atom is 0.410 e. The number of likely N-dealkylation sites (tertiary alicyclic amines) is 1. The molecular weight excluding hydrogens is 564 g/mol. The summed E-state index contributed by atoms with van der Waals surface area (Å²) in [6.07, 6.45) is -0.946. The van der Waals surface area contributed by atoms with E-state index < -0.39 is 46.7 Å². The highest BCUT2D eigenvalue weighted by Crippen LogP contribution is 2.46. The minimum absolute atomic E-state index is 0.0387. The lowest BCUT2D eigenvalue weighted by molar-refractivity contribution is -0.0546. The van der Waals surface area contributed by atoms with E-state index in [1.54, 1.807) is 39.0 Å². The number of carbonyl (C=O) groups is 3. The minimum Gasteiger partial charge on any atom is -0.453 e. The van der Waals surface area contributed by atoms with Gasteiger partial charge in [0.2, 0.25) is 0 Å². The summed E-state index contributed by atoms with van der Waals surface area (Å²) in [6.45, 7) is 6.62. The number of Topliss-reactive ketones (excluding diaryl/α,β-unsaturated/α-hetero) is 1. The van der Waals surface area contributed by atoms with Crippen molar-refractivity contribution in [2.75, 3.05) is 26.7 Å². The summed E-state index contributed by atoms with van der Waals surface area (Å²) >= 11 is 0. The van der Waals surface area contributed by atoms with Crippen molar-refractivity contribution in [3.63, 3.8) is 0 Å². The van der Waals surface area contributed by atoms with Crippen LogP contribution in [0.5, 0.6) is 0 Å². The summed E-state index contributed by atoms with van der Waals surface area (Å²) in [5.41, 5.74) is -1.17. The minimum atomic E-state index is -1.85. The Labute approximate surface area is 247 Å². The molecule has 0 spiro atoms. The number of aliphatic hydroxyl groups is 1. The van der Waals surface area contributed by atoms with Gasteiger partial charge < -0.3 is 29.3 Å². The van der Waals surface area contributed by atoms with Crippen LogP contribution in [-0.4, -0.2) is 65.5 Å². The Morgan fingerprint density at radius 3 is 2.53 bits per heavy atom. The van der Waals surface area contributed by atoms with Gasteiger partial charge in [0.25, 0.3) is 0 Å². The zero-order valence-electron chi connectivity index (χ0n) is 24.7. The van der Waals surface area contributed by atoms with Crippen molar-refractivity contribution in [3.05, 3.63) is 76.5 Å². The van der Waals surface area contributed by atoms with Gasteiger partial charge in [0.1, 0.15) is 16.9 Å². The monoisotopic (exact) mass is 599 g/mol. The van der Waals surface area contributed by atoms with Gasteiger partial charge >= 0.3 is 12.2 Å². The van der Waals surface area contributed by atoms with Gasteiger partial charge in [0.15, 0.2) is 23.2 Å². The topological polar surface area (TPSA) is 131 Å². The van der Waals surface area contributed by atoms with Crippen LogP contribution in [0.2, 0.25) is 0 Å². The molecule has 1 aliphatic rings. The number of nitrogens with zero attached hydrogens (tertiary/aromatic N) is 2. The molecule has 1 aliphatic heterocycles. The maximum absolute atomic E-state index is 14.4. The highest BCUT2D eigenvalue weighted by atomic mass is 19.2. The van der Waals surface area contributed by atoms with Gasteiger partial charge in [-0.25, -0.2) is 18.4 Å². The van der Waals surface area contributed by atoms with Crippen LogP contribution in [0.3, 0.4) is 0 Å². The molecule has 230 valence electrons. The van der Waals surface area contributed by atoms with Crippen LogP contribution in [-0.2, 0) is 21.5 Å². The Kier molecular flexibility index (Phi) is 9.19. The van der Waals surface area contributed by atoms with Gasteiger partial charge in [-0.1, -0.05) is 35.5 Å². The molecule has 12 heteroatoms. The number of aromatic nitrogens is 1. The van der Waals surface area contributed by atoms with Crippen LogP contribution in [0.1, 0.15) is 67.2 Å². The highest BCUT2D eigenvalue weighted by molar-refractivity contribution is 6.01. The molecule has 2 heterocycles. The first-order valence-electron chi connectivity index (χ1n) is 13.8. The largest absolute Gasteiger partial charge is 0.453 e. The van der Waals surface area contributed by atoms with Gasteiger partial charge in [-0.05, 0) is 63.8 Å². The first-order valence-corrected chi connectivity index (χ1v) is 13.8. The lowest BCUT2D eigenvalue weighted by atomic mass is 9.73. The van der Waals surface area contributed by atoms with Crippen molar-refractivity contribution < 1.29 is 42.3 Å². The fourth-order valence-electron chi connectivity index (χ4n) is 5.25. The molecule has 4 rings (SSSR count). The number of carbonyl (C=O) groups excluding carboxylic acids is 3. The summed E-state index contributed by atoms with van der Waals surface area (Å²) in [6, 6.07) is 10.2. The van der Waals surface area contributed by atoms with Gasteiger partial charge in [-0.3, -0.25) is 4.79 Å². The normalized spacial score (nSPS) is 18.7. The lowest BCUT2D eigenvalue weighted by Gasteiger charge is -2.44. The second-order valence-corrected chi connectivity index (χ2v) is 11.4. The van der Waals surface area contributed by atoms with Crippen molar-refractivity contribution in [3.8, 4) is 11.3 Å². The number of nitrogens with one attached hydrogen (secondary N) is 1. The molecule has 0 bridgehead atoms. The van der Waals surface area contributed by atoms with Crippen LogP contribution in [0.15, 0.2) is 47.0 Å². The number of benzene rings is 2. The highest BCUT2D eigenvalue weighted by Gasteiger charge is 2.49. The fourth-order valence-corrected chi connectivity index (χ4v) is 5.25. The number of rotatable bonds is 7. The Morgan fingerprint density at radius 2 is 1.88 bits per heavy atom.